The molecule has 0 bridgehead atoms. The van der Waals surface area contributed by atoms with Gasteiger partial charge in [-0.1, -0.05) is 0 Å². The summed E-state index contributed by atoms with van der Waals surface area (Å²) in [5.41, 5.74) is 3.77. The molecular weight excluding hydrogens is 336 g/mol. The number of hydrogen-bond donors (Lipinski definition) is 1. The highest BCUT2D eigenvalue weighted by molar-refractivity contribution is 6.04. The number of aryl methyl sites for hydroxylation is 1. The number of hydrogen-bond acceptors (Lipinski definition) is 4. The molecule has 0 aliphatic carbocycles. The standard InChI is InChI=1S/C22H28N4O/c1-16-13-19(25-12-9-20(15-25)26-11-4-5-17(26)2)7-8-21(16)24-22(27)18-6-3-10-23-14-18/h3,6-8,10,13-14,17,20H,4-5,9,11-12,15H2,1-2H3,(H,24,27). The molecule has 4 rings (SSSR count). The molecule has 1 aromatic carbocycles. The zero-order chi connectivity index (χ0) is 18.8. The van der Waals surface area contributed by atoms with Gasteiger partial charge in [0.15, 0.2) is 0 Å². The van der Waals surface area contributed by atoms with Crippen LogP contribution >= 0.6 is 0 Å². The van der Waals surface area contributed by atoms with Crippen molar-refractivity contribution in [2.24, 2.45) is 0 Å². The minimum Gasteiger partial charge on any atom is -0.370 e. The van der Waals surface area contributed by atoms with Crippen LogP contribution in [-0.2, 0) is 0 Å². The highest BCUT2D eigenvalue weighted by Gasteiger charge is 2.32. The Morgan fingerprint density at radius 1 is 1.22 bits per heavy atom. The molecule has 2 saturated heterocycles. The van der Waals surface area contributed by atoms with E-state index in [1.807, 2.05) is 6.07 Å². The molecule has 5 heteroatoms. The Bertz CT molecular complexity index is 807. The Hall–Kier alpha value is -2.40. The zero-order valence-corrected chi connectivity index (χ0v) is 16.2. The number of rotatable bonds is 4. The predicted molar refractivity (Wildman–Crippen MR) is 109 cm³/mol. The first kappa shape index (κ1) is 18.0. The van der Waals surface area contributed by atoms with Crippen molar-refractivity contribution in [1.82, 2.24) is 9.88 Å². The SMILES string of the molecule is Cc1cc(N2CCC(N3CCCC3C)C2)ccc1NC(=O)c1cccnc1. The Labute approximate surface area is 161 Å². The lowest BCUT2D eigenvalue weighted by Crippen LogP contribution is -2.39. The van der Waals surface area contributed by atoms with Crippen molar-refractivity contribution in [3.05, 3.63) is 53.9 Å². The molecule has 1 N–H and O–H groups in total. The average molecular weight is 364 g/mol. The van der Waals surface area contributed by atoms with Gasteiger partial charge in [0.1, 0.15) is 0 Å². The van der Waals surface area contributed by atoms with Crippen LogP contribution < -0.4 is 10.2 Å². The first-order chi connectivity index (χ1) is 13.1. The summed E-state index contributed by atoms with van der Waals surface area (Å²) < 4.78 is 0. The van der Waals surface area contributed by atoms with Gasteiger partial charge in [-0.15, -0.1) is 0 Å². The number of nitrogens with zero attached hydrogens (tertiary/aromatic N) is 3. The maximum Gasteiger partial charge on any atom is 0.257 e. The van der Waals surface area contributed by atoms with Crippen LogP contribution in [-0.4, -0.2) is 47.5 Å². The van der Waals surface area contributed by atoms with Crippen LogP contribution in [0, 0.1) is 6.92 Å². The summed E-state index contributed by atoms with van der Waals surface area (Å²) in [7, 11) is 0. The van der Waals surface area contributed by atoms with Gasteiger partial charge in [-0.05, 0) is 75.5 Å². The Kier molecular flexibility index (Phi) is 5.12. The van der Waals surface area contributed by atoms with Crippen molar-refractivity contribution in [3.63, 3.8) is 0 Å². The van der Waals surface area contributed by atoms with E-state index >= 15 is 0 Å². The average Bonchev–Trinajstić information content (AvgIpc) is 3.33. The molecule has 0 saturated carbocycles. The van der Waals surface area contributed by atoms with Gasteiger partial charge in [-0.25, -0.2) is 0 Å². The van der Waals surface area contributed by atoms with E-state index < -0.39 is 0 Å². The fourth-order valence-electron chi connectivity index (χ4n) is 4.42. The number of aromatic nitrogens is 1. The summed E-state index contributed by atoms with van der Waals surface area (Å²) in [5.74, 6) is -0.122. The summed E-state index contributed by atoms with van der Waals surface area (Å²) in [4.78, 5) is 21.5. The van der Waals surface area contributed by atoms with E-state index in [0.717, 1.165) is 30.4 Å². The molecule has 27 heavy (non-hydrogen) atoms. The molecule has 0 spiro atoms. The van der Waals surface area contributed by atoms with E-state index in [-0.39, 0.29) is 5.91 Å². The molecular formula is C22H28N4O. The molecule has 2 aromatic rings. The van der Waals surface area contributed by atoms with Gasteiger partial charge in [0.25, 0.3) is 5.91 Å². The normalized spacial score (nSPS) is 23.0. The fourth-order valence-corrected chi connectivity index (χ4v) is 4.42. The number of anilines is 2. The molecule has 3 heterocycles. The number of pyridine rings is 1. The molecule has 2 aliphatic heterocycles. The van der Waals surface area contributed by atoms with E-state index in [0.29, 0.717) is 11.6 Å². The second-order valence-electron chi connectivity index (χ2n) is 7.81. The second kappa shape index (κ2) is 7.69. The van der Waals surface area contributed by atoms with Crippen molar-refractivity contribution in [2.75, 3.05) is 29.9 Å². The highest BCUT2D eigenvalue weighted by Crippen LogP contribution is 2.30. The van der Waals surface area contributed by atoms with Gasteiger partial charge < -0.3 is 10.2 Å². The molecule has 142 valence electrons. The molecule has 1 amide bonds. The zero-order valence-electron chi connectivity index (χ0n) is 16.2. The summed E-state index contributed by atoms with van der Waals surface area (Å²) >= 11 is 0. The van der Waals surface area contributed by atoms with Crippen molar-refractivity contribution in [1.29, 1.82) is 0 Å². The largest absolute Gasteiger partial charge is 0.370 e. The Morgan fingerprint density at radius 3 is 2.81 bits per heavy atom. The molecule has 1 aromatic heterocycles. The van der Waals surface area contributed by atoms with Crippen LogP contribution in [0.4, 0.5) is 11.4 Å². The highest BCUT2D eigenvalue weighted by atomic mass is 16.1. The summed E-state index contributed by atoms with van der Waals surface area (Å²) in [6.07, 6.45) is 7.16. The van der Waals surface area contributed by atoms with Crippen LogP contribution in [0.5, 0.6) is 0 Å². The number of carbonyl (C=O) groups is 1. The molecule has 0 radical (unpaired) electrons. The number of likely N-dealkylation sites (tertiary alicyclic amines) is 1. The third kappa shape index (κ3) is 3.83. The number of amides is 1. The van der Waals surface area contributed by atoms with Crippen molar-refractivity contribution in [2.45, 2.75) is 45.2 Å². The minimum absolute atomic E-state index is 0.122. The van der Waals surface area contributed by atoms with Crippen LogP contribution in [0.25, 0.3) is 0 Å². The number of nitrogens with one attached hydrogen (secondary N) is 1. The van der Waals surface area contributed by atoms with E-state index in [4.69, 9.17) is 0 Å². The predicted octanol–water partition coefficient (Wildman–Crippen LogP) is 3.71. The fraction of sp³-hybridized carbons (Fsp3) is 0.455. The van der Waals surface area contributed by atoms with Gasteiger partial charge in [-0.2, -0.15) is 0 Å². The Balaban J connectivity index is 1.42. The monoisotopic (exact) mass is 364 g/mol. The minimum atomic E-state index is -0.122. The lowest BCUT2D eigenvalue weighted by molar-refractivity contribution is 0.102. The first-order valence-corrected chi connectivity index (χ1v) is 9.94. The van der Waals surface area contributed by atoms with Gasteiger partial charge >= 0.3 is 0 Å². The van der Waals surface area contributed by atoms with E-state index in [2.05, 4.69) is 46.1 Å². The van der Waals surface area contributed by atoms with Gasteiger partial charge in [0.2, 0.25) is 0 Å². The van der Waals surface area contributed by atoms with Gasteiger partial charge in [0.05, 0.1) is 5.56 Å². The van der Waals surface area contributed by atoms with Gasteiger partial charge in [0, 0.05) is 48.9 Å². The van der Waals surface area contributed by atoms with Crippen molar-refractivity contribution in [3.8, 4) is 0 Å². The van der Waals surface area contributed by atoms with E-state index in [9.17, 15) is 4.79 Å². The quantitative estimate of drug-likeness (QED) is 0.899. The van der Waals surface area contributed by atoms with Crippen LogP contribution in [0.15, 0.2) is 42.7 Å². The smallest absolute Gasteiger partial charge is 0.257 e. The topological polar surface area (TPSA) is 48.5 Å². The third-order valence-corrected chi connectivity index (χ3v) is 5.98. The maximum atomic E-state index is 12.4. The molecule has 5 nitrogen and oxygen atoms in total. The van der Waals surface area contributed by atoms with Crippen molar-refractivity contribution >= 4 is 17.3 Å². The second-order valence-corrected chi connectivity index (χ2v) is 7.81. The van der Waals surface area contributed by atoms with Crippen LogP contribution in [0.1, 0.15) is 42.1 Å². The lowest BCUT2D eigenvalue weighted by Gasteiger charge is -2.28. The molecule has 2 unspecified atom stereocenters. The maximum absolute atomic E-state index is 12.4. The van der Waals surface area contributed by atoms with Crippen LogP contribution in [0.2, 0.25) is 0 Å². The van der Waals surface area contributed by atoms with E-state index in [1.54, 1.807) is 24.5 Å². The number of benzene rings is 1. The Morgan fingerprint density at radius 2 is 2.11 bits per heavy atom. The van der Waals surface area contributed by atoms with E-state index in [1.165, 1.54) is 31.5 Å². The first-order valence-electron chi connectivity index (χ1n) is 9.94. The van der Waals surface area contributed by atoms with Crippen molar-refractivity contribution < 1.29 is 4.79 Å². The summed E-state index contributed by atoms with van der Waals surface area (Å²) in [6, 6.07) is 11.3. The summed E-state index contributed by atoms with van der Waals surface area (Å²) in [6.45, 7) is 7.87. The molecule has 2 fully saturated rings. The summed E-state index contributed by atoms with van der Waals surface area (Å²) in [5, 5.41) is 3.00. The third-order valence-electron chi connectivity index (χ3n) is 5.98. The lowest BCUT2D eigenvalue weighted by atomic mass is 10.1. The van der Waals surface area contributed by atoms with Crippen LogP contribution in [0.3, 0.4) is 0 Å². The van der Waals surface area contributed by atoms with Gasteiger partial charge in [-0.3, -0.25) is 14.7 Å². The molecule has 2 atom stereocenters. The number of carbonyl (C=O) groups excluding carboxylic acids is 1. The molecule has 2 aliphatic rings.